The number of nitrogens with zero attached hydrogens (tertiary/aromatic N) is 4. The van der Waals surface area contributed by atoms with Gasteiger partial charge in [0.25, 0.3) is 0 Å². The molecule has 0 aliphatic rings. The summed E-state index contributed by atoms with van der Waals surface area (Å²) in [5, 5.41) is 10.6. The van der Waals surface area contributed by atoms with Gasteiger partial charge in [0.05, 0.1) is 12.2 Å². The highest BCUT2D eigenvalue weighted by Gasteiger charge is 1.97. The molecule has 5 heteroatoms. The minimum Gasteiger partial charge on any atom is -0.382 e. The predicted molar refractivity (Wildman–Crippen MR) is 61.4 cm³/mol. The van der Waals surface area contributed by atoms with Gasteiger partial charge in [-0.1, -0.05) is 6.07 Å². The molecule has 0 spiro atoms. The lowest BCUT2D eigenvalue weighted by atomic mass is 10.3. The Hall–Kier alpha value is -2.35. The van der Waals surface area contributed by atoms with Gasteiger partial charge in [-0.3, -0.25) is 9.67 Å². The fourth-order valence-electron chi connectivity index (χ4n) is 1.22. The van der Waals surface area contributed by atoms with Crippen molar-refractivity contribution in [3.63, 3.8) is 0 Å². The van der Waals surface area contributed by atoms with Crippen LogP contribution in [-0.4, -0.2) is 14.8 Å². The summed E-state index contributed by atoms with van der Waals surface area (Å²) in [5.41, 5.74) is 7.65. The van der Waals surface area contributed by atoms with Crippen LogP contribution < -0.4 is 5.73 Å². The molecule has 2 rings (SSSR count). The van der Waals surface area contributed by atoms with E-state index in [0.29, 0.717) is 12.4 Å². The van der Waals surface area contributed by atoms with Crippen molar-refractivity contribution < 1.29 is 0 Å². The van der Waals surface area contributed by atoms with Crippen LogP contribution in [0.5, 0.6) is 0 Å². The lowest BCUT2D eigenvalue weighted by Crippen LogP contribution is -2.02. The third-order valence-electron chi connectivity index (χ3n) is 1.96. The first-order chi connectivity index (χ1) is 7.74. The van der Waals surface area contributed by atoms with Crippen molar-refractivity contribution in [2.45, 2.75) is 13.5 Å². The zero-order valence-corrected chi connectivity index (χ0v) is 9.04. The molecule has 5 nitrogen and oxygen atoms in total. The summed E-state index contributed by atoms with van der Waals surface area (Å²) in [6.07, 6.45) is 3.69. The lowest BCUT2D eigenvalue weighted by molar-refractivity contribution is 0.675. The van der Waals surface area contributed by atoms with Gasteiger partial charge in [-0.25, -0.2) is 5.26 Å². The monoisotopic (exact) mass is 215 g/mol. The first-order valence-electron chi connectivity index (χ1n) is 4.70. The second kappa shape index (κ2) is 5.51. The van der Waals surface area contributed by atoms with E-state index in [-0.39, 0.29) is 0 Å². The number of pyridine rings is 1. The zero-order chi connectivity index (χ0) is 12.0. The molecular formula is C11H13N5. The summed E-state index contributed by atoms with van der Waals surface area (Å²) in [5.74, 6) is 0.539. The van der Waals surface area contributed by atoms with Crippen molar-refractivity contribution in [1.82, 2.24) is 14.8 Å². The third kappa shape index (κ3) is 3.10. The first kappa shape index (κ1) is 11.7. The van der Waals surface area contributed by atoms with E-state index in [1.54, 1.807) is 10.7 Å². The number of hydrogen-bond acceptors (Lipinski definition) is 4. The summed E-state index contributed by atoms with van der Waals surface area (Å²) in [6.45, 7) is 6.18. The summed E-state index contributed by atoms with van der Waals surface area (Å²) < 4.78 is 1.77. The van der Waals surface area contributed by atoms with Gasteiger partial charge in [0, 0.05) is 19.0 Å². The fraction of sp³-hybridized carbons (Fsp3) is 0.182. The highest BCUT2D eigenvalue weighted by atomic mass is 15.3. The molecule has 0 aromatic carbocycles. The van der Waals surface area contributed by atoms with Crippen LogP contribution in [-0.2, 0) is 6.54 Å². The maximum Gasteiger partial charge on any atom is 0.145 e. The van der Waals surface area contributed by atoms with Crippen LogP contribution in [0, 0.1) is 18.8 Å². The Balaban J connectivity index is 0.000000606. The minimum absolute atomic E-state index is 0.539. The van der Waals surface area contributed by atoms with Gasteiger partial charge in [0.15, 0.2) is 0 Å². The number of aryl methyl sites for hydroxylation is 1. The van der Waals surface area contributed by atoms with Crippen molar-refractivity contribution >= 4 is 5.82 Å². The van der Waals surface area contributed by atoms with E-state index in [1.807, 2.05) is 31.5 Å². The fourth-order valence-corrected chi connectivity index (χ4v) is 1.22. The van der Waals surface area contributed by atoms with E-state index >= 15 is 0 Å². The van der Waals surface area contributed by atoms with Gasteiger partial charge in [-0.15, -0.1) is 0 Å². The van der Waals surface area contributed by atoms with Gasteiger partial charge in [0.2, 0.25) is 0 Å². The second-order valence-electron chi connectivity index (χ2n) is 3.27. The van der Waals surface area contributed by atoms with Crippen molar-refractivity contribution in [1.29, 1.82) is 5.26 Å². The highest BCUT2D eigenvalue weighted by Crippen LogP contribution is 2.02. The van der Waals surface area contributed by atoms with E-state index in [2.05, 4.69) is 16.7 Å². The van der Waals surface area contributed by atoms with Crippen molar-refractivity contribution in [3.05, 3.63) is 41.9 Å². The van der Waals surface area contributed by atoms with Gasteiger partial charge in [-0.2, -0.15) is 5.10 Å². The van der Waals surface area contributed by atoms with Crippen LogP contribution in [0.15, 0.2) is 30.6 Å². The summed E-state index contributed by atoms with van der Waals surface area (Å²) in [6, 6.07) is 5.80. The molecule has 0 fully saturated rings. The van der Waals surface area contributed by atoms with Crippen LogP contribution in [0.25, 0.3) is 0 Å². The average molecular weight is 215 g/mol. The Kier molecular flexibility index (Phi) is 4.04. The van der Waals surface area contributed by atoms with Crippen LogP contribution >= 0.6 is 0 Å². The Morgan fingerprint density at radius 2 is 2.12 bits per heavy atom. The SMILES string of the molecule is C#N.Cc1ccc(Cn2ccc(N)n2)nc1. The topological polar surface area (TPSA) is 80.5 Å². The smallest absolute Gasteiger partial charge is 0.145 e. The number of nitrogens with two attached hydrogens (primary N) is 1. The summed E-state index contributed by atoms with van der Waals surface area (Å²) >= 11 is 0. The molecule has 0 aliphatic heterocycles. The molecule has 82 valence electrons. The molecule has 0 radical (unpaired) electrons. The van der Waals surface area contributed by atoms with Crippen LogP contribution in [0.2, 0.25) is 0 Å². The van der Waals surface area contributed by atoms with E-state index in [0.717, 1.165) is 11.3 Å². The van der Waals surface area contributed by atoms with E-state index in [4.69, 9.17) is 11.0 Å². The number of rotatable bonds is 2. The largest absolute Gasteiger partial charge is 0.382 e. The summed E-state index contributed by atoms with van der Waals surface area (Å²) in [7, 11) is 0. The average Bonchev–Trinajstić information content (AvgIpc) is 2.70. The number of nitriles is 1. The molecule has 0 bridgehead atoms. The Bertz CT molecular complexity index is 455. The normalized spacial score (nSPS) is 9.19. The zero-order valence-electron chi connectivity index (χ0n) is 9.04. The maximum atomic E-state index is 6.50. The van der Waals surface area contributed by atoms with Crippen molar-refractivity contribution in [3.8, 4) is 6.57 Å². The number of aromatic nitrogens is 3. The lowest BCUT2D eigenvalue weighted by Gasteiger charge is -2.00. The van der Waals surface area contributed by atoms with Crippen LogP contribution in [0.4, 0.5) is 5.82 Å². The summed E-state index contributed by atoms with van der Waals surface area (Å²) in [4.78, 5) is 4.28. The Labute approximate surface area is 94.1 Å². The van der Waals surface area contributed by atoms with Gasteiger partial charge in [0.1, 0.15) is 5.82 Å². The third-order valence-corrected chi connectivity index (χ3v) is 1.96. The maximum absolute atomic E-state index is 6.50. The molecule has 2 aromatic rings. The highest BCUT2D eigenvalue weighted by molar-refractivity contribution is 5.24. The van der Waals surface area contributed by atoms with Crippen LogP contribution in [0.3, 0.4) is 0 Å². The Morgan fingerprint density at radius 3 is 2.62 bits per heavy atom. The van der Waals surface area contributed by atoms with Gasteiger partial charge < -0.3 is 5.73 Å². The predicted octanol–water partition coefficient (Wildman–Crippen LogP) is 1.36. The van der Waals surface area contributed by atoms with E-state index < -0.39 is 0 Å². The first-order valence-corrected chi connectivity index (χ1v) is 4.70. The number of anilines is 1. The molecule has 2 aromatic heterocycles. The van der Waals surface area contributed by atoms with Crippen molar-refractivity contribution in [2.75, 3.05) is 5.73 Å². The second-order valence-corrected chi connectivity index (χ2v) is 3.27. The number of nitrogen functional groups attached to an aromatic ring is 1. The quantitative estimate of drug-likeness (QED) is 0.820. The van der Waals surface area contributed by atoms with E-state index in [1.165, 1.54) is 0 Å². The molecular weight excluding hydrogens is 202 g/mol. The molecule has 0 aliphatic carbocycles. The molecule has 2 N–H and O–H groups in total. The molecule has 0 saturated carbocycles. The standard InChI is InChI=1S/C10H12N4.CHN/c1-8-2-3-9(12-6-8)7-14-5-4-10(11)13-14;1-2/h2-6H,7H2,1H3,(H2,11,13);1H. The molecule has 0 unspecified atom stereocenters. The molecule has 0 atom stereocenters. The Morgan fingerprint density at radius 1 is 1.38 bits per heavy atom. The minimum atomic E-state index is 0.539. The molecule has 0 amide bonds. The van der Waals surface area contributed by atoms with Crippen LogP contribution in [0.1, 0.15) is 11.3 Å². The number of hydrogen-bond donors (Lipinski definition) is 1. The van der Waals surface area contributed by atoms with Gasteiger partial charge in [-0.05, 0) is 24.6 Å². The molecule has 16 heavy (non-hydrogen) atoms. The molecule has 0 saturated heterocycles. The van der Waals surface area contributed by atoms with Gasteiger partial charge >= 0.3 is 0 Å². The molecule has 2 heterocycles. The van der Waals surface area contributed by atoms with Crippen molar-refractivity contribution in [2.24, 2.45) is 0 Å². The van der Waals surface area contributed by atoms with E-state index in [9.17, 15) is 0 Å².